The SMILES string of the molecule is CCNC(=O)N1CCN(CC(O)c2c(F)cccc2F)CC1. The summed E-state index contributed by atoms with van der Waals surface area (Å²) in [6, 6.07) is 3.43. The summed E-state index contributed by atoms with van der Waals surface area (Å²) in [6.07, 6.45) is -1.22. The van der Waals surface area contributed by atoms with E-state index >= 15 is 0 Å². The van der Waals surface area contributed by atoms with E-state index in [4.69, 9.17) is 0 Å². The van der Waals surface area contributed by atoms with Gasteiger partial charge >= 0.3 is 6.03 Å². The first-order valence-corrected chi connectivity index (χ1v) is 7.40. The highest BCUT2D eigenvalue weighted by Crippen LogP contribution is 2.22. The minimum atomic E-state index is -1.22. The van der Waals surface area contributed by atoms with Crippen molar-refractivity contribution >= 4 is 6.03 Å². The van der Waals surface area contributed by atoms with Crippen LogP contribution in [0.15, 0.2) is 18.2 Å². The summed E-state index contributed by atoms with van der Waals surface area (Å²) in [5.74, 6) is -1.48. The normalized spacial score (nSPS) is 17.4. The minimum absolute atomic E-state index is 0.108. The zero-order valence-corrected chi connectivity index (χ0v) is 12.6. The van der Waals surface area contributed by atoms with Crippen molar-refractivity contribution in [1.29, 1.82) is 0 Å². The lowest BCUT2D eigenvalue weighted by Gasteiger charge is -2.35. The van der Waals surface area contributed by atoms with Crippen molar-refractivity contribution in [1.82, 2.24) is 15.1 Å². The molecule has 0 radical (unpaired) electrons. The van der Waals surface area contributed by atoms with Gasteiger partial charge in [-0.25, -0.2) is 13.6 Å². The largest absolute Gasteiger partial charge is 0.387 e. The number of aliphatic hydroxyl groups is 1. The van der Waals surface area contributed by atoms with E-state index in [2.05, 4.69) is 5.32 Å². The Balaban J connectivity index is 1.89. The molecule has 0 aromatic heterocycles. The first-order chi connectivity index (χ1) is 10.5. The van der Waals surface area contributed by atoms with Gasteiger partial charge < -0.3 is 15.3 Å². The number of hydrogen-bond acceptors (Lipinski definition) is 3. The fourth-order valence-corrected chi connectivity index (χ4v) is 2.56. The maximum atomic E-state index is 13.6. The number of rotatable bonds is 4. The topological polar surface area (TPSA) is 55.8 Å². The molecule has 1 fully saturated rings. The second-order valence-corrected chi connectivity index (χ2v) is 5.27. The molecule has 0 saturated carbocycles. The molecule has 1 unspecified atom stereocenters. The number of nitrogens with one attached hydrogen (secondary N) is 1. The molecule has 22 heavy (non-hydrogen) atoms. The molecule has 0 bridgehead atoms. The molecule has 2 amide bonds. The molecule has 122 valence electrons. The van der Waals surface area contributed by atoms with E-state index < -0.39 is 17.7 Å². The number of β-amino-alcohol motifs (C(OH)–C–C–N with tert-alkyl or cyclic N) is 1. The fourth-order valence-electron chi connectivity index (χ4n) is 2.56. The third kappa shape index (κ3) is 3.92. The highest BCUT2D eigenvalue weighted by molar-refractivity contribution is 5.74. The Kier molecular flexibility index (Phi) is 5.68. The van der Waals surface area contributed by atoms with Gasteiger partial charge in [-0.3, -0.25) is 4.90 Å². The predicted octanol–water partition coefficient (Wildman–Crippen LogP) is 1.35. The van der Waals surface area contributed by atoms with Crippen LogP contribution in [0.1, 0.15) is 18.6 Å². The van der Waals surface area contributed by atoms with E-state index in [1.807, 2.05) is 11.8 Å². The second-order valence-electron chi connectivity index (χ2n) is 5.27. The Morgan fingerprint density at radius 1 is 1.27 bits per heavy atom. The van der Waals surface area contributed by atoms with Gasteiger partial charge in [0.25, 0.3) is 0 Å². The molecule has 1 saturated heterocycles. The van der Waals surface area contributed by atoms with Crippen LogP contribution in [0.25, 0.3) is 0 Å². The van der Waals surface area contributed by atoms with E-state index in [0.29, 0.717) is 32.7 Å². The first-order valence-electron chi connectivity index (χ1n) is 7.40. The summed E-state index contributed by atoms with van der Waals surface area (Å²) >= 11 is 0. The molecule has 1 heterocycles. The molecule has 2 rings (SSSR count). The van der Waals surface area contributed by atoms with Crippen LogP contribution in [0.5, 0.6) is 0 Å². The Morgan fingerprint density at radius 3 is 2.41 bits per heavy atom. The van der Waals surface area contributed by atoms with Gasteiger partial charge in [-0.1, -0.05) is 6.07 Å². The third-order valence-electron chi connectivity index (χ3n) is 3.75. The Labute approximate surface area is 128 Å². The number of nitrogens with zero attached hydrogens (tertiary/aromatic N) is 2. The summed E-state index contributed by atoms with van der Waals surface area (Å²) in [5, 5.41) is 12.8. The molecule has 1 aromatic rings. The number of benzene rings is 1. The van der Waals surface area contributed by atoms with E-state index in [9.17, 15) is 18.7 Å². The average Bonchev–Trinajstić information content (AvgIpc) is 2.48. The lowest BCUT2D eigenvalue weighted by Crippen LogP contribution is -2.52. The minimum Gasteiger partial charge on any atom is -0.387 e. The maximum Gasteiger partial charge on any atom is 0.317 e. The molecule has 0 spiro atoms. The zero-order chi connectivity index (χ0) is 16.1. The van der Waals surface area contributed by atoms with Gasteiger partial charge in [0, 0.05) is 39.3 Å². The van der Waals surface area contributed by atoms with Crippen molar-refractivity contribution in [3.05, 3.63) is 35.4 Å². The van der Waals surface area contributed by atoms with Gasteiger partial charge in [0.05, 0.1) is 11.7 Å². The van der Waals surface area contributed by atoms with Crippen LogP contribution in [0.3, 0.4) is 0 Å². The number of urea groups is 1. The van der Waals surface area contributed by atoms with Gasteiger partial charge in [-0.2, -0.15) is 0 Å². The molecule has 1 atom stereocenters. The summed E-state index contributed by atoms with van der Waals surface area (Å²) in [6.45, 7) is 4.74. The summed E-state index contributed by atoms with van der Waals surface area (Å²) in [7, 11) is 0. The van der Waals surface area contributed by atoms with Crippen molar-refractivity contribution < 1.29 is 18.7 Å². The number of carbonyl (C=O) groups is 1. The quantitative estimate of drug-likeness (QED) is 0.882. The van der Waals surface area contributed by atoms with Crippen LogP contribution >= 0.6 is 0 Å². The molecule has 2 N–H and O–H groups in total. The lowest BCUT2D eigenvalue weighted by molar-refractivity contribution is 0.0773. The van der Waals surface area contributed by atoms with E-state index in [-0.39, 0.29) is 18.1 Å². The number of amides is 2. The van der Waals surface area contributed by atoms with Crippen LogP contribution in [0, 0.1) is 11.6 Å². The molecule has 0 aliphatic carbocycles. The predicted molar refractivity (Wildman–Crippen MR) is 78.4 cm³/mol. The van der Waals surface area contributed by atoms with Gasteiger partial charge in [-0.05, 0) is 19.1 Å². The van der Waals surface area contributed by atoms with Gasteiger partial charge in [0.2, 0.25) is 0 Å². The van der Waals surface area contributed by atoms with E-state index in [1.54, 1.807) is 4.90 Å². The van der Waals surface area contributed by atoms with E-state index in [0.717, 1.165) is 12.1 Å². The fraction of sp³-hybridized carbons (Fsp3) is 0.533. The number of halogens is 2. The molecule has 1 aliphatic heterocycles. The molecule has 1 aliphatic rings. The Morgan fingerprint density at radius 2 is 1.86 bits per heavy atom. The number of piperazine rings is 1. The highest BCUT2D eigenvalue weighted by atomic mass is 19.1. The Hall–Kier alpha value is -1.73. The summed E-state index contributed by atoms with van der Waals surface area (Å²) in [4.78, 5) is 15.3. The van der Waals surface area contributed by atoms with Crippen LogP contribution < -0.4 is 5.32 Å². The second kappa shape index (κ2) is 7.51. The van der Waals surface area contributed by atoms with Crippen molar-refractivity contribution in [3.63, 3.8) is 0 Å². The van der Waals surface area contributed by atoms with Gasteiger partial charge in [-0.15, -0.1) is 0 Å². The molecular weight excluding hydrogens is 292 g/mol. The van der Waals surface area contributed by atoms with E-state index in [1.165, 1.54) is 6.07 Å². The molecule has 5 nitrogen and oxygen atoms in total. The smallest absolute Gasteiger partial charge is 0.317 e. The van der Waals surface area contributed by atoms with Crippen molar-refractivity contribution in [2.75, 3.05) is 39.3 Å². The third-order valence-corrected chi connectivity index (χ3v) is 3.75. The number of hydrogen-bond donors (Lipinski definition) is 2. The highest BCUT2D eigenvalue weighted by Gasteiger charge is 2.25. The number of carbonyl (C=O) groups excluding carboxylic acids is 1. The number of aliphatic hydroxyl groups excluding tert-OH is 1. The van der Waals surface area contributed by atoms with Crippen LogP contribution in [0.4, 0.5) is 13.6 Å². The van der Waals surface area contributed by atoms with Crippen LogP contribution in [-0.4, -0.2) is 60.2 Å². The summed E-state index contributed by atoms with van der Waals surface area (Å²) in [5.41, 5.74) is -0.298. The van der Waals surface area contributed by atoms with Gasteiger partial charge in [0.15, 0.2) is 0 Å². The first kappa shape index (κ1) is 16.6. The molecule has 1 aromatic carbocycles. The average molecular weight is 313 g/mol. The lowest BCUT2D eigenvalue weighted by atomic mass is 10.1. The van der Waals surface area contributed by atoms with Crippen molar-refractivity contribution in [2.24, 2.45) is 0 Å². The van der Waals surface area contributed by atoms with Crippen molar-refractivity contribution in [3.8, 4) is 0 Å². The van der Waals surface area contributed by atoms with Crippen molar-refractivity contribution in [2.45, 2.75) is 13.0 Å². The standard InChI is InChI=1S/C15H21F2N3O2/c1-2-18-15(22)20-8-6-19(7-9-20)10-13(21)14-11(16)4-3-5-12(14)17/h3-5,13,21H,2,6-10H2,1H3,(H,18,22). The zero-order valence-electron chi connectivity index (χ0n) is 12.6. The van der Waals surface area contributed by atoms with Crippen LogP contribution in [0.2, 0.25) is 0 Å². The molecular formula is C15H21F2N3O2. The van der Waals surface area contributed by atoms with Gasteiger partial charge in [0.1, 0.15) is 11.6 Å². The maximum absolute atomic E-state index is 13.6. The Bertz CT molecular complexity index is 499. The molecule has 7 heteroatoms. The monoisotopic (exact) mass is 313 g/mol. The van der Waals surface area contributed by atoms with Crippen LogP contribution in [-0.2, 0) is 0 Å². The summed E-state index contributed by atoms with van der Waals surface area (Å²) < 4.78 is 27.3.